The van der Waals surface area contributed by atoms with Crippen LogP contribution in [0.4, 0.5) is 5.13 Å². The van der Waals surface area contributed by atoms with Gasteiger partial charge in [-0.2, -0.15) is 0 Å². The maximum Gasteiger partial charge on any atom is 0.254 e. The first-order valence-electron chi connectivity index (χ1n) is 7.04. The molecule has 5 nitrogen and oxygen atoms in total. The van der Waals surface area contributed by atoms with Crippen LogP contribution in [0.2, 0.25) is 0 Å². The molecule has 1 aromatic rings. The highest BCUT2D eigenvalue weighted by molar-refractivity contribution is 7.15. The molecule has 1 aromatic heterocycles. The molecule has 1 fully saturated rings. The highest BCUT2D eigenvalue weighted by atomic mass is 32.1. The number of thiazole rings is 1. The van der Waals surface area contributed by atoms with Gasteiger partial charge in [0, 0.05) is 11.5 Å². The lowest BCUT2D eigenvalue weighted by Crippen LogP contribution is -2.32. The van der Waals surface area contributed by atoms with Crippen LogP contribution in [0.25, 0.3) is 0 Å². The van der Waals surface area contributed by atoms with Gasteiger partial charge in [0.15, 0.2) is 5.13 Å². The van der Waals surface area contributed by atoms with Gasteiger partial charge < -0.3 is 9.47 Å². The van der Waals surface area contributed by atoms with Crippen molar-refractivity contribution in [2.75, 3.05) is 18.5 Å². The fourth-order valence-corrected chi connectivity index (χ4v) is 2.82. The molecule has 1 aliphatic heterocycles. The molecule has 2 heterocycles. The van der Waals surface area contributed by atoms with E-state index >= 15 is 0 Å². The number of hydrogen-bond donors (Lipinski definition) is 1. The lowest BCUT2D eigenvalue weighted by atomic mass is 10.1. The van der Waals surface area contributed by atoms with Gasteiger partial charge in [0.2, 0.25) is 0 Å². The van der Waals surface area contributed by atoms with Crippen molar-refractivity contribution in [1.29, 1.82) is 0 Å². The van der Waals surface area contributed by atoms with E-state index < -0.39 is 6.10 Å². The Balaban J connectivity index is 1.76. The van der Waals surface area contributed by atoms with Gasteiger partial charge in [-0.05, 0) is 40.0 Å². The third-order valence-corrected chi connectivity index (χ3v) is 4.42. The van der Waals surface area contributed by atoms with E-state index in [-0.39, 0.29) is 12.0 Å². The molecule has 1 N–H and O–H groups in total. The van der Waals surface area contributed by atoms with Crippen LogP contribution < -0.4 is 5.32 Å². The third kappa shape index (κ3) is 4.26. The molecule has 0 unspecified atom stereocenters. The molecule has 0 radical (unpaired) electrons. The first kappa shape index (κ1) is 15.4. The summed E-state index contributed by atoms with van der Waals surface area (Å²) in [7, 11) is 0. The summed E-state index contributed by atoms with van der Waals surface area (Å²) in [6, 6.07) is 0. The molecular formula is C14H22N2O3S. The van der Waals surface area contributed by atoms with Gasteiger partial charge in [0.1, 0.15) is 6.10 Å². The summed E-state index contributed by atoms with van der Waals surface area (Å²) in [6.45, 7) is 6.95. The second kappa shape index (κ2) is 7.15. The summed E-state index contributed by atoms with van der Waals surface area (Å²) in [4.78, 5) is 17.4. The maximum atomic E-state index is 12.0. The first-order chi connectivity index (χ1) is 9.56. The summed E-state index contributed by atoms with van der Waals surface area (Å²) >= 11 is 1.48. The fourth-order valence-electron chi connectivity index (χ4n) is 2.00. The Morgan fingerprint density at radius 1 is 1.55 bits per heavy atom. The molecule has 0 saturated carbocycles. The smallest absolute Gasteiger partial charge is 0.254 e. The Kier molecular flexibility index (Phi) is 5.51. The number of aryl methyl sites for hydroxylation is 2. The minimum absolute atomic E-state index is 0.128. The van der Waals surface area contributed by atoms with Crippen molar-refractivity contribution in [2.45, 2.75) is 52.2 Å². The molecule has 1 aliphatic rings. The summed E-state index contributed by atoms with van der Waals surface area (Å²) in [5.74, 6) is -0.158. The molecule has 2 atom stereocenters. The zero-order valence-electron chi connectivity index (χ0n) is 12.3. The number of nitrogens with one attached hydrogen (secondary N) is 1. The van der Waals surface area contributed by atoms with Gasteiger partial charge in [0.05, 0.1) is 18.4 Å². The number of hydrogen-bond acceptors (Lipinski definition) is 5. The second-order valence-corrected chi connectivity index (χ2v) is 6.32. The lowest BCUT2D eigenvalue weighted by molar-refractivity contribution is -0.130. The van der Waals surface area contributed by atoms with Crippen molar-refractivity contribution in [2.24, 2.45) is 0 Å². The Bertz CT molecular complexity index is 436. The van der Waals surface area contributed by atoms with Crippen LogP contribution >= 0.6 is 11.3 Å². The number of nitrogens with zero attached hydrogens (tertiary/aromatic N) is 1. The van der Waals surface area contributed by atoms with Crippen LogP contribution in [0, 0.1) is 13.8 Å². The highest BCUT2D eigenvalue weighted by Gasteiger charge is 2.19. The molecule has 0 bridgehead atoms. The van der Waals surface area contributed by atoms with Gasteiger partial charge in [-0.15, -0.1) is 11.3 Å². The van der Waals surface area contributed by atoms with Crippen molar-refractivity contribution in [1.82, 2.24) is 4.98 Å². The van der Waals surface area contributed by atoms with Crippen LogP contribution in [0.15, 0.2) is 0 Å². The molecule has 1 saturated heterocycles. The van der Waals surface area contributed by atoms with Crippen molar-refractivity contribution < 1.29 is 14.3 Å². The molecule has 112 valence electrons. The first-order valence-corrected chi connectivity index (χ1v) is 7.86. The lowest BCUT2D eigenvalue weighted by Gasteiger charge is -2.23. The second-order valence-electron chi connectivity index (χ2n) is 5.11. The van der Waals surface area contributed by atoms with Crippen LogP contribution in [-0.2, 0) is 14.3 Å². The molecule has 0 aliphatic carbocycles. The predicted octanol–water partition coefficient (Wildman–Crippen LogP) is 2.67. The summed E-state index contributed by atoms with van der Waals surface area (Å²) in [6.07, 6.45) is 2.94. The van der Waals surface area contributed by atoms with Gasteiger partial charge in [0.25, 0.3) is 5.91 Å². The van der Waals surface area contributed by atoms with E-state index in [9.17, 15) is 4.79 Å². The van der Waals surface area contributed by atoms with Crippen molar-refractivity contribution >= 4 is 22.4 Å². The van der Waals surface area contributed by atoms with E-state index in [1.807, 2.05) is 13.8 Å². The van der Waals surface area contributed by atoms with E-state index in [2.05, 4.69) is 10.3 Å². The molecule has 20 heavy (non-hydrogen) atoms. The average Bonchev–Trinajstić information content (AvgIpc) is 2.75. The molecule has 0 spiro atoms. The normalized spacial score (nSPS) is 20.6. The Morgan fingerprint density at radius 3 is 2.95 bits per heavy atom. The van der Waals surface area contributed by atoms with Gasteiger partial charge in [-0.25, -0.2) is 4.98 Å². The maximum absolute atomic E-state index is 12.0. The van der Waals surface area contributed by atoms with Crippen molar-refractivity contribution in [3.05, 3.63) is 10.6 Å². The number of rotatable bonds is 5. The molecule has 6 heteroatoms. The van der Waals surface area contributed by atoms with E-state index in [0.29, 0.717) is 11.7 Å². The number of ether oxygens (including phenoxy) is 2. The van der Waals surface area contributed by atoms with Crippen LogP contribution in [0.1, 0.15) is 36.8 Å². The van der Waals surface area contributed by atoms with Crippen molar-refractivity contribution in [3.63, 3.8) is 0 Å². The number of anilines is 1. The Hall–Kier alpha value is -0.980. The molecule has 2 rings (SSSR count). The van der Waals surface area contributed by atoms with E-state index in [0.717, 1.165) is 30.0 Å². The summed E-state index contributed by atoms with van der Waals surface area (Å²) < 4.78 is 11.2. The van der Waals surface area contributed by atoms with Crippen LogP contribution in [-0.4, -0.2) is 36.3 Å². The average molecular weight is 298 g/mol. The van der Waals surface area contributed by atoms with Gasteiger partial charge in [-0.3, -0.25) is 10.1 Å². The Morgan fingerprint density at radius 2 is 2.35 bits per heavy atom. The number of carbonyl (C=O) groups excluding carboxylic acids is 1. The minimum Gasteiger partial charge on any atom is -0.376 e. The number of amides is 1. The quantitative estimate of drug-likeness (QED) is 0.908. The SMILES string of the molecule is Cc1nc(NC(=O)[C@H](C)OC[C@@H]2CCCCO2)sc1C. The zero-order chi connectivity index (χ0) is 14.5. The minimum atomic E-state index is -0.495. The standard InChI is InChI=1S/C14H22N2O3S/c1-9-11(3)20-14(15-9)16-13(17)10(2)19-8-12-6-4-5-7-18-12/h10,12H,4-8H2,1-3H3,(H,15,16,17)/t10-,12-/m0/s1. The van der Waals surface area contributed by atoms with Crippen LogP contribution in [0.3, 0.4) is 0 Å². The van der Waals surface area contributed by atoms with E-state index in [4.69, 9.17) is 9.47 Å². The summed E-state index contributed by atoms with van der Waals surface area (Å²) in [5.41, 5.74) is 0.953. The molecule has 1 amide bonds. The third-order valence-electron chi connectivity index (χ3n) is 3.43. The molecule has 0 aromatic carbocycles. The molecular weight excluding hydrogens is 276 g/mol. The van der Waals surface area contributed by atoms with E-state index in [1.165, 1.54) is 17.8 Å². The van der Waals surface area contributed by atoms with Gasteiger partial charge >= 0.3 is 0 Å². The van der Waals surface area contributed by atoms with Gasteiger partial charge in [-0.1, -0.05) is 0 Å². The summed E-state index contributed by atoms with van der Waals surface area (Å²) in [5, 5.41) is 3.43. The number of carbonyl (C=O) groups is 1. The Labute approximate surface area is 123 Å². The van der Waals surface area contributed by atoms with Crippen molar-refractivity contribution in [3.8, 4) is 0 Å². The highest BCUT2D eigenvalue weighted by Crippen LogP contribution is 2.21. The monoisotopic (exact) mass is 298 g/mol. The predicted molar refractivity (Wildman–Crippen MR) is 79.2 cm³/mol. The number of aromatic nitrogens is 1. The zero-order valence-corrected chi connectivity index (χ0v) is 13.1. The van der Waals surface area contributed by atoms with Crippen LogP contribution in [0.5, 0.6) is 0 Å². The van der Waals surface area contributed by atoms with E-state index in [1.54, 1.807) is 6.92 Å². The largest absolute Gasteiger partial charge is 0.376 e. The fraction of sp³-hybridized carbons (Fsp3) is 0.714. The topological polar surface area (TPSA) is 60.5 Å².